The lowest BCUT2D eigenvalue weighted by Crippen LogP contribution is -2.30. The third-order valence-electron chi connectivity index (χ3n) is 4.00. The van der Waals surface area contributed by atoms with E-state index in [1.165, 1.54) is 26.2 Å². The van der Waals surface area contributed by atoms with Crippen LogP contribution in [-0.2, 0) is 26.0 Å². The zero-order valence-electron chi connectivity index (χ0n) is 16.1. The van der Waals surface area contributed by atoms with Gasteiger partial charge in [0, 0.05) is 30.7 Å². The highest BCUT2D eigenvalue weighted by Gasteiger charge is 2.22. The Bertz CT molecular complexity index is 1060. The zero-order valence-corrected chi connectivity index (χ0v) is 19.2. The van der Waals surface area contributed by atoms with E-state index >= 15 is 0 Å². The fraction of sp³-hybridized carbons (Fsp3) is 0.263. The second-order valence-electron chi connectivity index (χ2n) is 6.34. The van der Waals surface area contributed by atoms with Crippen LogP contribution in [0.4, 0.5) is 0 Å². The number of hydrogen-bond acceptors (Lipinski definition) is 5. The molecule has 0 unspecified atom stereocenters. The number of halogens is 3. The molecule has 0 aliphatic carbocycles. The Hall–Kier alpha value is -1.84. The zero-order chi connectivity index (χ0) is 22.5. The summed E-state index contributed by atoms with van der Waals surface area (Å²) >= 11 is 17.9. The standard InChI is InChI=1S/C19H19Cl3N2O5S/c1-24(2)30(27,28)14-5-6-16(21)15(10-14)19(26)29-11-18(25)23-8-7-12-3-4-13(20)9-17(12)22/h3-6,9-10H,7-8,11H2,1-2H3,(H,23,25). The number of amides is 1. The van der Waals surface area contributed by atoms with Crippen LogP contribution >= 0.6 is 34.8 Å². The molecule has 2 rings (SSSR count). The predicted molar refractivity (Wildman–Crippen MR) is 116 cm³/mol. The quantitative estimate of drug-likeness (QED) is 0.569. The summed E-state index contributed by atoms with van der Waals surface area (Å²) in [5.41, 5.74) is 0.657. The molecule has 0 saturated carbocycles. The summed E-state index contributed by atoms with van der Waals surface area (Å²) < 4.78 is 30.4. The highest BCUT2D eigenvalue weighted by atomic mass is 35.5. The fourth-order valence-electron chi connectivity index (χ4n) is 2.35. The molecule has 0 saturated heterocycles. The smallest absolute Gasteiger partial charge is 0.340 e. The Labute approximate surface area is 189 Å². The van der Waals surface area contributed by atoms with E-state index in [-0.39, 0.29) is 22.0 Å². The van der Waals surface area contributed by atoms with Gasteiger partial charge in [-0.05, 0) is 42.3 Å². The van der Waals surface area contributed by atoms with Crippen LogP contribution in [0.1, 0.15) is 15.9 Å². The van der Waals surface area contributed by atoms with Crippen LogP contribution in [0.5, 0.6) is 0 Å². The van der Waals surface area contributed by atoms with Crippen molar-refractivity contribution in [3.05, 3.63) is 62.6 Å². The Kier molecular flexibility index (Phi) is 8.52. The topological polar surface area (TPSA) is 92.8 Å². The van der Waals surface area contributed by atoms with E-state index in [1.807, 2.05) is 0 Å². The molecule has 0 bridgehead atoms. The van der Waals surface area contributed by atoms with E-state index in [9.17, 15) is 18.0 Å². The molecule has 0 fully saturated rings. The second kappa shape index (κ2) is 10.5. The van der Waals surface area contributed by atoms with Crippen molar-refractivity contribution >= 4 is 56.7 Å². The number of carbonyl (C=O) groups is 2. The van der Waals surface area contributed by atoms with Gasteiger partial charge in [0.15, 0.2) is 6.61 Å². The number of rotatable bonds is 8. The van der Waals surface area contributed by atoms with Crippen LogP contribution in [0.15, 0.2) is 41.3 Å². The van der Waals surface area contributed by atoms with Gasteiger partial charge in [0.2, 0.25) is 10.0 Å². The van der Waals surface area contributed by atoms with E-state index in [1.54, 1.807) is 18.2 Å². The minimum atomic E-state index is -3.76. The van der Waals surface area contributed by atoms with Gasteiger partial charge in [-0.15, -0.1) is 0 Å². The molecule has 30 heavy (non-hydrogen) atoms. The van der Waals surface area contributed by atoms with E-state index in [2.05, 4.69) is 5.32 Å². The number of ether oxygens (including phenoxy) is 1. The monoisotopic (exact) mass is 492 g/mol. The van der Waals surface area contributed by atoms with Gasteiger partial charge in [-0.2, -0.15) is 0 Å². The summed E-state index contributed by atoms with van der Waals surface area (Å²) in [5.74, 6) is -1.44. The summed E-state index contributed by atoms with van der Waals surface area (Å²) in [6.07, 6.45) is 0.464. The highest BCUT2D eigenvalue weighted by Crippen LogP contribution is 2.23. The van der Waals surface area contributed by atoms with Crippen LogP contribution in [0, 0.1) is 0 Å². The fourth-order valence-corrected chi connectivity index (χ4v) is 3.98. The van der Waals surface area contributed by atoms with Crippen LogP contribution in [0.3, 0.4) is 0 Å². The van der Waals surface area contributed by atoms with Crippen molar-refractivity contribution in [2.45, 2.75) is 11.3 Å². The van der Waals surface area contributed by atoms with Crippen molar-refractivity contribution in [2.75, 3.05) is 27.2 Å². The molecule has 7 nitrogen and oxygen atoms in total. The van der Waals surface area contributed by atoms with Crippen LogP contribution in [0.25, 0.3) is 0 Å². The summed E-state index contributed by atoms with van der Waals surface area (Å²) in [5, 5.41) is 3.62. The largest absolute Gasteiger partial charge is 0.452 e. The van der Waals surface area contributed by atoms with Gasteiger partial charge in [-0.25, -0.2) is 17.5 Å². The molecule has 162 valence electrons. The van der Waals surface area contributed by atoms with Gasteiger partial charge >= 0.3 is 5.97 Å². The van der Waals surface area contributed by atoms with E-state index in [4.69, 9.17) is 39.5 Å². The molecule has 0 atom stereocenters. The Morgan fingerprint density at radius 1 is 1.03 bits per heavy atom. The predicted octanol–water partition coefficient (Wildman–Crippen LogP) is 3.41. The molecular formula is C19H19Cl3N2O5S. The molecule has 2 aromatic rings. The Morgan fingerprint density at radius 2 is 1.73 bits per heavy atom. The van der Waals surface area contributed by atoms with E-state index < -0.39 is 28.5 Å². The average Bonchev–Trinajstić information content (AvgIpc) is 2.67. The van der Waals surface area contributed by atoms with E-state index in [0.29, 0.717) is 16.5 Å². The summed E-state index contributed by atoms with van der Waals surface area (Å²) in [6.45, 7) is -0.275. The van der Waals surface area contributed by atoms with Gasteiger partial charge in [-0.1, -0.05) is 40.9 Å². The molecule has 2 aromatic carbocycles. The first kappa shape index (κ1) is 24.4. The lowest BCUT2D eigenvalue weighted by molar-refractivity contribution is -0.124. The number of hydrogen-bond donors (Lipinski definition) is 1. The summed E-state index contributed by atoms with van der Waals surface area (Å²) in [6, 6.07) is 8.73. The maximum Gasteiger partial charge on any atom is 0.340 e. The normalized spacial score (nSPS) is 11.4. The lowest BCUT2D eigenvalue weighted by Gasteiger charge is -2.13. The van der Waals surface area contributed by atoms with Crippen molar-refractivity contribution < 1.29 is 22.7 Å². The minimum Gasteiger partial charge on any atom is -0.452 e. The molecule has 0 aliphatic heterocycles. The number of nitrogens with zero attached hydrogens (tertiary/aromatic N) is 1. The maximum atomic E-state index is 12.3. The SMILES string of the molecule is CN(C)S(=O)(=O)c1ccc(Cl)c(C(=O)OCC(=O)NCCc2ccc(Cl)cc2Cl)c1. The van der Waals surface area contributed by atoms with E-state index in [0.717, 1.165) is 15.9 Å². The first-order valence-corrected chi connectivity index (χ1v) is 11.2. The number of sulfonamides is 1. The van der Waals surface area contributed by atoms with Crippen LogP contribution in [0.2, 0.25) is 15.1 Å². The van der Waals surface area contributed by atoms with Crippen LogP contribution < -0.4 is 5.32 Å². The lowest BCUT2D eigenvalue weighted by atomic mass is 10.1. The van der Waals surface area contributed by atoms with Crippen molar-refractivity contribution in [1.29, 1.82) is 0 Å². The Balaban J connectivity index is 1.93. The van der Waals surface area contributed by atoms with Crippen molar-refractivity contribution in [3.8, 4) is 0 Å². The molecule has 1 amide bonds. The second-order valence-corrected chi connectivity index (χ2v) is 9.74. The van der Waals surface area contributed by atoms with Crippen molar-refractivity contribution in [2.24, 2.45) is 0 Å². The molecule has 0 spiro atoms. The first-order valence-electron chi connectivity index (χ1n) is 8.62. The third kappa shape index (κ3) is 6.33. The molecular weight excluding hydrogens is 475 g/mol. The van der Waals surface area contributed by atoms with Crippen molar-refractivity contribution in [1.82, 2.24) is 9.62 Å². The van der Waals surface area contributed by atoms with Gasteiger partial charge < -0.3 is 10.1 Å². The molecule has 0 aromatic heterocycles. The molecule has 11 heteroatoms. The number of esters is 1. The summed E-state index contributed by atoms with van der Waals surface area (Å²) in [4.78, 5) is 24.1. The molecule has 1 N–H and O–H groups in total. The van der Waals surface area contributed by atoms with Gasteiger partial charge in [0.1, 0.15) is 0 Å². The average molecular weight is 494 g/mol. The molecule has 0 aliphatic rings. The molecule has 0 heterocycles. The number of carbonyl (C=O) groups excluding carboxylic acids is 2. The molecule has 0 radical (unpaired) electrons. The number of nitrogens with one attached hydrogen (secondary N) is 1. The highest BCUT2D eigenvalue weighted by molar-refractivity contribution is 7.89. The maximum absolute atomic E-state index is 12.3. The Morgan fingerprint density at radius 3 is 2.37 bits per heavy atom. The third-order valence-corrected chi connectivity index (χ3v) is 6.73. The van der Waals surface area contributed by atoms with Gasteiger partial charge in [0.25, 0.3) is 5.91 Å². The van der Waals surface area contributed by atoms with Gasteiger partial charge in [0.05, 0.1) is 15.5 Å². The van der Waals surface area contributed by atoms with Gasteiger partial charge in [-0.3, -0.25) is 4.79 Å². The minimum absolute atomic E-state index is 0.00972. The summed E-state index contributed by atoms with van der Waals surface area (Å²) in [7, 11) is -1.03. The number of benzene rings is 2. The van der Waals surface area contributed by atoms with Crippen molar-refractivity contribution in [3.63, 3.8) is 0 Å². The van der Waals surface area contributed by atoms with Crippen LogP contribution in [-0.4, -0.2) is 51.8 Å². The first-order chi connectivity index (χ1) is 14.0.